The molecule has 7 heteroatoms. The molecule has 1 fully saturated rings. The second-order valence-corrected chi connectivity index (χ2v) is 5.40. The first-order valence-corrected chi connectivity index (χ1v) is 7.28. The van der Waals surface area contributed by atoms with E-state index in [9.17, 15) is 4.79 Å². The Bertz CT molecular complexity index is 408. The molecule has 0 aliphatic carbocycles. The molecule has 1 aliphatic rings. The predicted molar refractivity (Wildman–Crippen MR) is 70.5 cm³/mol. The standard InChI is InChI=1S/C11H19N5OS/c1-2-9-5-3-4-6-15(9)10(17)7-18-11-14-13-8-16(11)12/h8-9H,2-7,12H2,1H3. The molecule has 2 heterocycles. The molecule has 0 aromatic carbocycles. The fourth-order valence-electron chi connectivity index (χ4n) is 2.30. The molecule has 2 N–H and O–H groups in total. The van der Waals surface area contributed by atoms with Crippen LogP contribution in [0.15, 0.2) is 11.5 Å². The fraction of sp³-hybridized carbons (Fsp3) is 0.727. The van der Waals surface area contributed by atoms with Gasteiger partial charge >= 0.3 is 0 Å². The molecule has 1 aliphatic heterocycles. The van der Waals surface area contributed by atoms with Crippen LogP contribution in [-0.2, 0) is 4.79 Å². The number of nitrogens with zero attached hydrogens (tertiary/aromatic N) is 4. The van der Waals surface area contributed by atoms with Gasteiger partial charge in [-0.25, -0.2) is 4.68 Å². The minimum Gasteiger partial charge on any atom is -0.339 e. The van der Waals surface area contributed by atoms with Gasteiger partial charge in [0.2, 0.25) is 11.1 Å². The SMILES string of the molecule is CCC1CCCCN1C(=O)CSc1nncn1N. The Hall–Kier alpha value is -1.24. The van der Waals surface area contributed by atoms with Crippen LogP contribution in [0, 0.1) is 0 Å². The van der Waals surface area contributed by atoms with Crippen molar-refractivity contribution in [1.82, 2.24) is 19.8 Å². The summed E-state index contributed by atoms with van der Waals surface area (Å²) in [4.78, 5) is 14.2. The number of likely N-dealkylation sites (tertiary alicyclic amines) is 1. The van der Waals surface area contributed by atoms with Gasteiger partial charge in [-0.15, -0.1) is 10.2 Å². The van der Waals surface area contributed by atoms with E-state index in [-0.39, 0.29) is 5.91 Å². The number of hydrogen-bond donors (Lipinski definition) is 1. The van der Waals surface area contributed by atoms with Gasteiger partial charge in [-0.1, -0.05) is 18.7 Å². The van der Waals surface area contributed by atoms with Crippen molar-refractivity contribution in [3.05, 3.63) is 6.33 Å². The number of aromatic nitrogens is 3. The molecule has 1 atom stereocenters. The van der Waals surface area contributed by atoms with E-state index in [2.05, 4.69) is 17.1 Å². The van der Waals surface area contributed by atoms with E-state index in [4.69, 9.17) is 5.84 Å². The van der Waals surface area contributed by atoms with Crippen LogP contribution in [0.3, 0.4) is 0 Å². The number of nitrogens with two attached hydrogens (primary N) is 1. The molecule has 0 spiro atoms. The normalized spacial score (nSPS) is 20.1. The highest BCUT2D eigenvalue weighted by atomic mass is 32.2. The van der Waals surface area contributed by atoms with Crippen molar-refractivity contribution in [2.24, 2.45) is 0 Å². The Balaban J connectivity index is 1.89. The van der Waals surface area contributed by atoms with Crippen molar-refractivity contribution in [3.8, 4) is 0 Å². The van der Waals surface area contributed by atoms with E-state index in [1.165, 1.54) is 29.2 Å². The number of nitrogen functional groups attached to an aromatic ring is 1. The summed E-state index contributed by atoms with van der Waals surface area (Å²) in [5.41, 5.74) is 0. The maximum atomic E-state index is 12.2. The summed E-state index contributed by atoms with van der Waals surface area (Å²) < 4.78 is 1.34. The van der Waals surface area contributed by atoms with Crippen molar-refractivity contribution in [1.29, 1.82) is 0 Å². The lowest BCUT2D eigenvalue weighted by Gasteiger charge is -2.35. The third-order valence-corrected chi connectivity index (χ3v) is 4.23. The molecule has 1 aromatic heterocycles. The number of piperidine rings is 1. The zero-order valence-corrected chi connectivity index (χ0v) is 11.4. The highest BCUT2D eigenvalue weighted by Crippen LogP contribution is 2.21. The summed E-state index contributed by atoms with van der Waals surface area (Å²) in [5, 5.41) is 8.11. The van der Waals surface area contributed by atoms with Crippen LogP contribution in [-0.4, -0.2) is 44.0 Å². The summed E-state index contributed by atoms with van der Waals surface area (Å²) in [6.45, 7) is 3.02. The molecule has 100 valence electrons. The van der Waals surface area contributed by atoms with E-state index < -0.39 is 0 Å². The number of hydrogen-bond acceptors (Lipinski definition) is 5. The van der Waals surface area contributed by atoms with Gasteiger partial charge in [0.15, 0.2) is 0 Å². The minimum atomic E-state index is 0.176. The molecule has 18 heavy (non-hydrogen) atoms. The van der Waals surface area contributed by atoms with Gasteiger partial charge in [-0.05, 0) is 25.7 Å². The summed E-state index contributed by atoms with van der Waals surface area (Å²) in [6, 6.07) is 0.405. The van der Waals surface area contributed by atoms with E-state index in [1.807, 2.05) is 4.90 Å². The Morgan fingerprint density at radius 3 is 3.11 bits per heavy atom. The first-order chi connectivity index (χ1) is 8.72. The minimum absolute atomic E-state index is 0.176. The van der Waals surface area contributed by atoms with Gasteiger partial charge < -0.3 is 10.7 Å². The summed E-state index contributed by atoms with van der Waals surface area (Å²) in [7, 11) is 0. The van der Waals surface area contributed by atoms with Crippen LogP contribution in [0.1, 0.15) is 32.6 Å². The smallest absolute Gasteiger partial charge is 0.233 e. The van der Waals surface area contributed by atoms with Crippen LogP contribution in [0.4, 0.5) is 0 Å². The first kappa shape index (κ1) is 13.2. The molecule has 0 saturated carbocycles. The zero-order chi connectivity index (χ0) is 13.0. The third kappa shape index (κ3) is 2.95. The maximum Gasteiger partial charge on any atom is 0.233 e. The van der Waals surface area contributed by atoms with E-state index in [1.54, 1.807) is 0 Å². The molecule has 1 saturated heterocycles. The quantitative estimate of drug-likeness (QED) is 0.648. The molecular formula is C11H19N5OS. The Morgan fingerprint density at radius 1 is 1.61 bits per heavy atom. The number of amides is 1. The fourth-order valence-corrected chi connectivity index (χ4v) is 3.02. The summed E-state index contributed by atoms with van der Waals surface area (Å²) in [5.74, 6) is 6.16. The number of thioether (sulfide) groups is 1. The first-order valence-electron chi connectivity index (χ1n) is 6.29. The monoisotopic (exact) mass is 269 g/mol. The van der Waals surface area contributed by atoms with Gasteiger partial charge in [0.25, 0.3) is 0 Å². The van der Waals surface area contributed by atoms with Crippen molar-refractivity contribution < 1.29 is 4.79 Å². The third-order valence-electron chi connectivity index (χ3n) is 3.28. The van der Waals surface area contributed by atoms with Gasteiger partial charge in [-0.2, -0.15) is 0 Å². The van der Waals surface area contributed by atoms with Crippen LogP contribution in [0.5, 0.6) is 0 Å². The molecular weight excluding hydrogens is 250 g/mol. The van der Waals surface area contributed by atoms with Crippen LogP contribution >= 0.6 is 11.8 Å². The molecule has 2 rings (SSSR count). The average molecular weight is 269 g/mol. The lowest BCUT2D eigenvalue weighted by Crippen LogP contribution is -2.44. The molecule has 0 bridgehead atoms. The zero-order valence-electron chi connectivity index (χ0n) is 10.6. The second kappa shape index (κ2) is 6.08. The van der Waals surface area contributed by atoms with Gasteiger partial charge in [0, 0.05) is 12.6 Å². The van der Waals surface area contributed by atoms with Crippen LogP contribution < -0.4 is 5.84 Å². The number of carbonyl (C=O) groups is 1. The highest BCUT2D eigenvalue weighted by Gasteiger charge is 2.25. The van der Waals surface area contributed by atoms with Gasteiger partial charge in [-0.3, -0.25) is 4.79 Å². The number of rotatable bonds is 4. The van der Waals surface area contributed by atoms with E-state index >= 15 is 0 Å². The van der Waals surface area contributed by atoms with Gasteiger partial charge in [0.05, 0.1) is 5.75 Å². The molecule has 1 aromatic rings. The lowest BCUT2D eigenvalue weighted by molar-refractivity contribution is -0.132. The Morgan fingerprint density at radius 2 is 2.44 bits per heavy atom. The highest BCUT2D eigenvalue weighted by molar-refractivity contribution is 7.99. The topological polar surface area (TPSA) is 77.0 Å². The van der Waals surface area contributed by atoms with E-state index in [0.29, 0.717) is 17.0 Å². The largest absolute Gasteiger partial charge is 0.339 e. The van der Waals surface area contributed by atoms with Crippen LogP contribution in [0.25, 0.3) is 0 Å². The average Bonchev–Trinajstić information content (AvgIpc) is 2.81. The van der Waals surface area contributed by atoms with Crippen molar-refractivity contribution in [2.45, 2.75) is 43.8 Å². The predicted octanol–water partition coefficient (Wildman–Crippen LogP) is 0.875. The van der Waals surface area contributed by atoms with Crippen molar-refractivity contribution >= 4 is 17.7 Å². The summed E-state index contributed by atoms with van der Waals surface area (Å²) in [6.07, 6.45) is 5.93. The molecule has 0 radical (unpaired) electrons. The lowest BCUT2D eigenvalue weighted by atomic mass is 10.0. The van der Waals surface area contributed by atoms with E-state index in [0.717, 1.165) is 25.8 Å². The van der Waals surface area contributed by atoms with Crippen molar-refractivity contribution in [3.63, 3.8) is 0 Å². The van der Waals surface area contributed by atoms with Crippen LogP contribution in [0.2, 0.25) is 0 Å². The Kier molecular flexibility index (Phi) is 4.46. The number of carbonyl (C=O) groups excluding carboxylic acids is 1. The Labute approximate surface area is 111 Å². The van der Waals surface area contributed by atoms with Gasteiger partial charge in [0.1, 0.15) is 6.33 Å². The summed E-state index contributed by atoms with van der Waals surface area (Å²) >= 11 is 1.34. The second-order valence-electron chi connectivity index (χ2n) is 4.45. The maximum absolute atomic E-state index is 12.2. The van der Waals surface area contributed by atoms with Crippen molar-refractivity contribution in [2.75, 3.05) is 18.1 Å². The molecule has 6 nitrogen and oxygen atoms in total. The molecule has 1 amide bonds. The molecule has 1 unspecified atom stereocenters.